The number of hydrogen-bond donors (Lipinski definition) is 2. The van der Waals surface area contributed by atoms with Crippen LogP contribution in [0, 0.1) is 5.92 Å². The van der Waals surface area contributed by atoms with Gasteiger partial charge < -0.3 is 15.1 Å². The second-order valence-electron chi connectivity index (χ2n) is 17.8. The number of carbonyl (C=O) groups is 2. The summed E-state index contributed by atoms with van der Waals surface area (Å²) in [5.41, 5.74) is 4.86. The number of anilines is 2. The van der Waals surface area contributed by atoms with Crippen molar-refractivity contribution in [3.8, 4) is 0 Å². The van der Waals surface area contributed by atoms with Crippen LogP contribution in [-0.4, -0.2) is 111 Å². The molecule has 2 aliphatic carbocycles. The Morgan fingerprint density at radius 3 is 2.47 bits per heavy atom. The molecule has 3 aromatic rings. The largest absolute Gasteiger partial charge is 0.351 e. The first-order valence-electron chi connectivity index (χ1n) is 21.5. The third kappa shape index (κ3) is 6.77. The zero-order valence-electron chi connectivity index (χ0n) is 34.2. The van der Waals surface area contributed by atoms with Crippen molar-refractivity contribution in [1.29, 1.82) is 0 Å². The quantitative estimate of drug-likeness (QED) is 0.272. The molecule has 0 radical (unpaired) electrons. The lowest BCUT2D eigenvalue weighted by molar-refractivity contribution is -0.135. The lowest BCUT2D eigenvalue weighted by atomic mass is 9.88. The maximum Gasteiger partial charge on any atom is 0.329 e. The fourth-order valence-corrected chi connectivity index (χ4v) is 12.2. The van der Waals surface area contributed by atoms with Gasteiger partial charge in [0.1, 0.15) is 11.9 Å². The summed E-state index contributed by atoms with van der Waals surface area (Å²) < 4.78 is 33.6. The average Bonchev–Trinajstić information content (AvgIpc) is 3.78. The number of rotatable bonds is 11. The maximum absolute atomic E-state index is 13.7. The summed E-state index contributed by atoms with van der Waals surface area (Å²) in [5.74, 6) is 1.77. The molecule has 3 saturated heterocycles. The monoisotopic (exact) mass is 814 g/mol. The molecule has 0 bridgehead atoms. The van der Waals surface area contributed by atoms with Gasteiger partial charge in [0.15, 0.2) is 0 Å². The van der Waals surface area contributed by atoms with E-state index in [-0.39, 0.29) is 35.4 Å². The molecular weight excluding hydrogens is 757 g/mol. The number of aryl methyl sites for hydroxylation is 1. The minimum absolute atomic E-state index is 0.0231. The van der Waals surface area contributed by atoms with Gasteiger partial charge in [0.05, 0.1) is 11.0 Å². The van der Waals surface area contributed by atoms with Crippen molar-refractivity contribution in [2.45, 2.75) is 113 Å². The molecular formula is C42H58N10O5S. The molecule has 2 saturated carbocycles. The molecule has 2 aromatic heterocycles. The molecule has 9 rings (SSSR count). The van der Waals surface area contributed by atoms with E-state index in [1.165, 1.54) is 34.8 Å². The number of aromatic nitrogens is 4. The average molecular weight is 815 g/mol. The van der Waals surface area contributed by atoms with Gasteiger partial charge in [-0.25, -0.2) is 9.78 Å². The number of likely N-dealkylation sites (tertiary alicyclic amines) is 1. The summed E-state index contributed by atoms with van der Waals surface area (Å²) in [4.78, 5) is 52.6. The van der Waals surface area contributed by atoms with Crippen LogP contribution in [0.2, 0.25) is 0 Å². The number of nitrogens with zero attached hydrogens (tertiary/aromatic N) is 8. The molecule has 3 unspecified atom stereocenters. The number of imide groups is 1. The SMILES string of the molecule is C=C1N(C2CCCC2C)c2nc(NC3CCN(S(=O)(=O)N(C)CCCN4CCC(c5cccc6c5n(C)c(=O)n6C5CCC(=O)NC5=O)CC4)CC3)ncc2C12CC2. The topological polar surface area (TPSA) is 158 Å². The number of nitrogens with one attached hydrogen (secondary N) is 2. The van der Waals surface area contributed by atoms with Crippen molar-refractivity contribution in [3.05, 3.63) is 58.3 Å². The van der Waals surface area contributed by atoms with Crippen molar-refractivity contribution >= 4 is 44.8 Å². The molecule has 6 aliphatic rings. The fraction of sp³-hybridized carbons (Fsp3) is 0.643. The third-order valence-corrected chi connectivity index (χ3v) is 16.4. The Hall–Kier alpha value is -4.12. The smallest absolute Gasteiger partial charge is 0.329 e. The van der Waals surface area contributed by atoms with Crippen LogP contribution in [0.5, 0.6) is 0 Å². The van der Waals surface area contributed by atoms with Gasteiger partial charge in [-0.3, -0.25) is 24.0 Å². The second kappa shape index (κ2) is 15.2. The number of hydrogen-bond acceptors (Lipinski definition) is 10. The van der Waals surface area contributed by atoms with Gasteiger partial charge >= 0.3 is 5.69 Å². The van der Waals surface area contributed by atoms with Crippen molar-refractivity contribution in [2.75, 3.05) is 56.5 Å². The standard InChI is InChI=1S/C42H58N10O5S/c1-27-8-5-10-33(27)51-28(2)42(18-19-42)32-26-43-40(46-38(32)51)44-30-16-24-50(25-17-30)58(56,57)47(3)20-7-21-49-22-14-29(15-23-49)31-9-6-11-34-37(31)48(4)41(55)52(34)35-12-13-36(53)45-39(35)54/h6,9,11,26-27,29-30,33,35H,2,5,7-8,10,12-25H2,1,3-4H3,(H,43,44,46)(H,45,53,54). The van der Waals surface area contributed by atoms with Crippen molar-refractivity contribution in [3.63, 3.8) is 0 Å². The lowest BCUT2D eigenvalue weighted by Crippen LogP contribution is -2.48. The van der Waals surface area contributed by atoms with Crippen LogP contribution >= 0.6 is 0 Å². The molecule has 16 heteroatoms. The van der Waals surface area contributed by atoms with Crippen LogP contribution < -0.4 is 21.2 Å². The predicted molar refractivity (Wildman–Crippen MR) is 223 cm³/mol. The highest BCUT2D eigenvalue weighted by molar-refractivity contribution is 7.86. The lowest BCUT2D eigenvalue weighted by Gasteiger charge is -2.35. The summed E-state index contributed by atoms with van der Waals surface area (Å²) in [5, 5.41) is 5.94. The number of imidazole rings is 1. The van der Waals surface area contributed by atoms with E-state index in [1.54, 1.807) is 27.5 Å². The normalized spacial score (nSPS) is 26.0. The summed E-state index contributed by atoms with van der Waals surface area (Å²) in [6.45, 7) is 10.8. The Labute approximate surface area is 341 Å². The summed E-state index contributed by atoms with van der Waals surface area (Å²) >= 11 is 0. The molecule has 4 aliphatic heterocycles. The molecule has 1 spiro atoms. The number of allylic oxidation sites excluding steroid dienone is 1. The second-order valence-corrected chi connectivity index (χ2v) is 19.9. The highest BCUT2D eigenvalue weighted by atomic mass is 32.2. The number of carbonyl (C=O) groups excluding carboxylic acids is 2. The molecule has 3 atom stereocenters. The van der Waals surface area contributed by atoms with Crippen LogP contribution in [0.4, 0.5) is 11.8 Å². The van der Waals surface area contributed by atoms with Gasteiger partial charge in [-0.1, -0.05) is 32.1 Å². The van der Waals surface area contributed by atoms with Gasteiger partial charge in [-0.2, -0.15) is 22.0 Å². The Morgan fingerprint density at radius 2 is 1.78 bits per heavy atom. The fourth-order valence-electron chi connectivity index (χ4n) is 10.8. The van der Waals surface area contributed by atoms with E-state index in [0.717, 1.165) is 74.2 Å². The van der Waals surface area contributed by atoms with Gasteiger partial charge in [-0.05, 0) is 107 Å². The molecule has 15 nitrogen and oxygen atoms in total. The number of piperidine rings is 3. The Morgan fingerprint density at radius 1 is 1.02 bits per heavy atom. The van der Waals surface area contributed by atoms with E-state index in [9.17, 15) is 22.8 Å². The minimum atomic E-state index is -3.59. The van der Waals surface area contributed by atoms with Gasteiger partial charge in [0, 0.05) is 75.1 Å². The van der Waals surface area contributed by atoms with Gasteiger partial charge in [-0.15, -0.1) is 0 Å². The van der Waals surface area contributed by atoms with Crippen LogP contribution in [0.1, 0.15) is 107 Å². The first-order chi connectivity index (χ1) is 27.9. The van der Waals surface area contributed by atoms with Crippen molar-refractivity contribution in [1.82, 2.24) is 37.9 Å². The number of benzene rings is 1. The summed E-state index contributed by atoms with van der Waals surface area (Å²) in [7, 11) is -0.146. The van der Waals surface area contributed by atoms with E-state index in [1.807, 2.05) is 18.3 Å². The highest BCUT2D eigenvalue weighted by Gasteiger charge is 2.58. The number of para-hydroxylation sites is 1. The molecule has 2 amide bonds. The van der Waals surface area contributed by atoms with Crippen LogP contribution in [0.15, 0.2) is 41.5 Å². The molecule has 312 valence electrons. The van der Waals surface area contributed by atoms with E-state index >= 15 is 0 Å². The van der Waals surface area contributed by atoms with Gasteiger partial charge in [0.25, 0.3) is 10.2 Å². The molecule has 2 N–H and O–H groups in total. The predicted octanol–water partition coefficient (Wildman–Crippen LogP) is 3.98. The van der Waals surface area contributed by atoms with Crippen LogP contribution in [-0.2, 0) is 32.3 Å². The molecule has 1 aromatic carbocycles. The number of fused-ring (bicyclic) bond motifs is 3. The van der Waals surface area contributed by atoms with Crippen LogP contribution in [0.25, 0.3) is 11.0 Å². The summed E-state index contributed by atoms with van der Waals surface area (Å²) in [6.07, 6.45) is 12.3. The third-order valence-electron chi connectivity index (χ3n) is 14.4. The van der Waals surface area contributed by atoms with E-state index < -0.39 is 22.2 Å². The minimum Gasteiger partial charge on any atom is -0.351 e. The molecule has 58 heavy (non-hydrogen) atoms. The first-order valence-corrected chi connectivity index (χ1v) is 22.9. The number of amides is 2. The Balaban J connectivity index is 0.754. The highest BCUT2D eigenvalue weighted by Crippen LogP contribution is 2.62. The van der Waals surface area contributed by atoms with E-state index in [4.69, 9.17) is 9.97 Å². The molecule has 6 heterocycles. The maximum atomic E-state index is 13.7. The zero-order valence-corrected chi connectivity index (χ0v) is 35.0. The zero-order chi connectivity index (χ0) is 40.5. The van der Waals surface area contributed by atoms with Crippen molar-refractivity contribution in [2.24, 2.45) is 13.0 Å². The van der Waals surface area contributed by atoms with Gasteiger partial charge in [0.2, 0.25) is 17.8 Å². The molecule has 5 fully saturated rings. The van der Waals surface area contributed by atoms with E-state index in [2.05, 4.69) is 40.0 Å². The Bertz CT molecular complexity index is 2290. The first kappa shape index (κ1) is 39.3. The Kier molecular flexibility index (Phi) is 10.3. The summed E-state index contributed by atoms with van der Waals surface area (Å²) in [6, 6.07) is 5.75. The van der Waals surface area contributed by atoms with Crippen LogP contribution in [0.3, 0.4) is 0 Å². The van der Waals surface area contributed by atoms with Crippen molar-refractivity contribution < 1.29 is 18.0 Å². The van der Waals surface area contributed by atoms with E-state index in [0.29, 0.717) is 56.8 Å².